The van der Waals surface area contributed by atoms with Gasteiger partial charge in [-0.1, -0.05) is 32.4 Å². The maximum Gasteiger partial charge on any atom is 0.307 e. The number of carboxylic acid groups (broad SMARTS) is 1. The van der Waals surface area contributed by atoms with Crippen LogP contribution in [0.1, 0.15) is 46.5 Å². The lowest BCUT2D eigenvalue weighted by atomic mass is 9.47. The molecule has 3 unspecified atom stereocenters. The van der Waals surface area contributed by atoms with E-state index in [4.69, 9.17) is 0 Å². The quantitative estimate of drug-likeness (QED) is 0.766. The van der Waals surface area contributed by atoms with Crippen LogP contribution < -0.4 is 0 Å². The summed E-state index contributed by atoms with van der Waals surface area (Å²) in [6, 6.07) is 0. The van der Waals surface area contributed by atoms with Crippen molar-refractivity contribution in [1.29, 1.82) is 0 Å². The fourth-order valence-electron chi connectivity index (χ4n) is 7.22. The fraction of sp³-hybridized carbons (Fsp3) is 0.714. The van der Waals surface area contributed by atoms with Crippen LogP contribution in [0, 0.1) is 40.4 Å². The van der Waals surface area contributed by atoms with Gasteiger partial charge in [0.15, 0.2) is 5.78 Å². The molecule has 0 aliphatic heterocycles. The van der Waals surface area contributed by atoms with Crippen molar-refractivity contribution in [3.8, 4) is 0 Å². The first kappa shape index (κ1) is 17.0. The van der Waals surface area contributed by atoms with Crippen LogP contribution in [-0.2, 0) is 9.59 Å². The number of fused-ring (bicyclic) bond motifs is 5. The molecule has 8 atom stereocenters. The Hall–Kier alpha value is -1.42. The fourth-order valence-corrected chi connectivity index (χ4v) is 7.22. The minimum absolute atomic E-state index is 0.0430. The predicted molar refractivity (Wildman–Crippen MR) is 93.7 cm³/mol. The van der Waals surface area contributed by atoms with E-state index < -0.39 is 12.1 Å². The third kappa shape index (κ3) is 2.16. The molecular formula is C21H28O4. The summed E-state index contributed by atoms with van der Waals surface area (Å²) in [6.45, 7) is 6.30. The molecule has 0 bridgehead atoms. The molecule has 0 radical (unpaired) electrons. The van der Waals surface area contributed by atoms with Crippen molar-refractivity contribution >= 4 is 11.8 Å². The molecule has 4 nitrogen and oxygen atoms in total. The van der Waals surface area contributed by atoms with E-state index in [0.29, 0.717) is 18.3 Å². The number of rotatable bonds is 1. The molecule has 0 spiro atoms. The van der Waals surface area contributed by atoms with Gasteiger partial charge in [0.25, 0.3) is 0 Å². The molecule has 136 valence electrons. The number of carbonyl (C=O) groups excluding carboxylic acids is 1. The number of allylic oxidation sites excluding steroid dienone is 4. The maximum atomic E-state index is 11.9. The smallest absolute Gasteiger partial charge is 0.307 e. The molecule has 2 N–H and O–H groups in total. The van der Waals surface area contributed by atoms with E-state index in [1.54, 1.807) is 12.2 Å². The van der Waals surface area contributed by atoms with Crippen molar-refractivity contribution in [1.82, 2.24) is 0 Å². The minimum atomic E-state index is -0.714. The van der Waals surface area contributed by atoms with Gasteiger partial charge in [-0.3, -0.25) is 9.59 Å². The first-order valence-corrected chi connectivity index (χ1v) is 9.53. The van der Waals surface area contributed by atoms with Crippen molar-refractivity contribution in [3.05, 3.63) is 23.8 Å². The Morgan fingerprint density at radius 1 is 1.32 bits per heavy atom. The summed E-state index contributed by atoms with van der Waals surface area (Å²) in [4.78, 5) is 23.7. The zero-order chi connectivity index (χ0) is 18.1. The highest BCUT2D eigenvalue weighted by Crippen LogP contribution is 2.67. The van der Waals surface area contributed by atoms with Gasteiger partial charge in [-0.15, -0.1) is 0 Å². The Morgan fingerprint density at radius 2 is 2.04 bits per heavy atom. The average Bonchev–Trinajstić information content (AvgIpc) is 2.77. The van der Waals surface area contributed by atoms with Gasteiger partial charge in [-0.2, -0.15) is 0 Å². The summed E-state index contributed by atoms with van der Waals surface area (Å²) in [5, 5.41) is 20.9. The number of aliphatic hydroxyl groups is 1. The second-order valence-electron chi connectivity index (χ2n) is 9.33. The first-order chi connectivity index (χ1) is 11.7. The van der Waals surface area contributed by atoms with Gasteiger partial charge in [-0.25, -0.2) is 0 Å². The summed E-state index contributed by atoms with van der Waals surface area (Å²) >= 11 is 0. The van der Waals surface area contributed by atoms with Crippen molar-refractivity contribution in [2.45, 2.75) is 52.6 Å². The number of aliphatic hydroxyl groups excluding tert-OH is 1. The average molecular weight is 344 g/mol. The number of aliphatic carboxylic acids is 1. The molecule has 0 saturated heterocycles. The molecule has 0 aromatic heterocycles. The molecular weight excluding hydrogens is 316 g/mol. The van der Waals surface area contributed by atoms with Crippen molar-refractivity contribution in [2.75, 3.05) is 0 Å². The highest BCUT2D eigenvalue weighted by atomic mass is 16.4. The monoisotopic (exact) mass is 344 g/mol. The minimum Gasteiger partial charge on any atom is -0.481 e. The molecule has 4 aliphatic carbocycles. The number of hydrogen-bond acceptors (Lipinski definition) is 3. The van der Waals surface area contributed by atoms with Gasteiger partial charge in [0.2, 0.25) is 0 Å². The lowest BCUT2D eigenvalue weighted by molar-refractivity contribution is -0.156. The van der Waals surface area contributed by atoms with Crippen LogP contribution in [0.15, 0.2) is 23.8 Å². The van der Waals surface area contributed by atoms with E-state index in [9.17, 15) is 19.8 Å². The second-order valence-corrected chi connectivity index (χ2v) is 9.33. The van der Waals surface area contributed by atoms with Gasteiger partial charge in [-0.05, 0) is 61.0 Å². The Morgan fingerprint density at radius 3 is 2.72 bits per heavy atom. The van der Waals surface area contributed by atoms with Crippen LogP contribution in [0.4, 0.5) is 0 Å². The van der Waals surface area contributed by atoms with Gasteiger partial charge in [0.05, 0.1) is 12.0 Å². The molecule has 3 saturated carbocycles. The molecule has 4 aliphatic rings. The van der Waals surface area contributed by atoms with E-state index in [-0.39, 0.29) is 34.4 Å². The molecule has 0 aromatic rings. The van der Waals surface area contributed by atoms with Crippen LogP contribution >= 0.6 is 0 Å². The summed E-state index contributed by atoms with van der Waals surface area (Å²) in [6.07, 6.45) is 8.18. The van der Waals surface area contributed by atoms with E-state index >= 15 is 0 Å². The summed E-state index contributed by atoms with van der Waals surface area (Å²) in [7, 11) is 0. The van der Waals surface area contributed by atoms with Crippen LogP contribution in [0.25, 0.3) is 0 Å². The number of hydrogen-bond donors (Lipinski definition) is 2. The largest absolute Gasteiger partial charge is 0.481 e. The van der Waals surface area contributed by atoms with E-state index in [1.165, 1.54) is 0 Å². The molecule has 4 rings (SSSR count). The second kappa shape index (κ2) is 5.29. The van der Waals surface area contributed by atoms with Crippen LogP contribution in [0.2, 0.25) is 0 Å². The number of ketones is 1. The highest BCUT2D eigenvalue weighted by molar-refractivity contribution is 6.01. The number of carbonyl (C=O) groups is 2. The van der Waals surface area contributed by atoms with E-state index in [1.807, 2.05) is 6.08 Å². The maximum absolute atomic E-state index is 11.9. The zero-order valence-electron chi connectivity index (χ0n) is 15.2. The third-order valence-electron chi connectivity index (χ3n) is 8.10. The molecule has 0 amide bonds. The first-order valence-electron chi connectivity index (χ1n) is 9.53. The van der Waals surface area contributed by atoms with Gasteiger partial charge < -0.3 is 10.2 Å². The topological polar surface area (TPSA) is 74.6 Å². The van der Waals surface area contributed by atoms with Crippen molar-refractivity contribution in [3.63, 3.8) is 0 Å². The summed E-state index contributed by atoms with van der Waals surface area (Å²) < 4.78 is 0. The van der Waals surface area contributed by atoms with Crippen LogP contribution in [-0.4, -0.2) is 28.1 Å². The van der Waals surface area contributed by atoms with Gasteiger partial charge in [0.1, 0.15) is 0 Å². The van der Waals surface area contributed by atoms with E-state index in [2.05, 4.69) is 20.8 Å². The molecule has 0 heterocycles. The predicted octanol–water partition coefficient (Wildman–Crippen LogP) is 3.21. The zero-order valence-corrected chi connectivity index (χ0v) is 15.2. The molecule has 4 heteroatoms. The summed E-state index contributed by atoms with van der Waals surface area (Å²) in [5.74, 6) is -0.167. The Bertz CT molecular complexity index is 692. The summed E-state index contributed by atoms with van der Waals surface area (Å²) in [5.41, 5.74) is 0.532. The van der Waals surface area contributed by atoms with E-state index in [0.717, 1.165) is 24.8 Å². The van der Waals surface area contributed by atoms with Crippen LogP contribution in [0.5, 0.6) is 0 Å². The standard InChI is InChI=1S/C21H28O4/c1-11-8-15-14-5-4-12-9-13(22)6-7-20(12,2)18(14)16(23)10-21(15,3)17(11)19(24)25/h6-7,9,11,14-18,23H,4-5,8,10H2,1-3H3,(H,24,25)/t11?,14-,15-,16?,17?,18+,20-,21-/m0/s1. The third-order valence-corrected chi connectivity index (χ3v) is 8.10. The van der Waals surface area contributed by atoms with Crippen molar-refractivity contribution in [2.24, 2.45) is 40.4 Å². The molecule has 25 heavy (non-hydrogen) atoms. The Kier molecular flexibility index (Phi) is 3.60. The van der Waals surface area contributed by atoms with Gasteiger partial charge >= 0.3 is 5.97 Å². The van der Waals surface area contributed by atoms with Gasteiger partial charge in [0, 0.05) is 11.3 Å². The highest BCUT2D eigenvalue weighted by Gasteiger charge is 2.64. The molecule has 0 aromatic carbocycles. The SMILES string of the molecule is CC1C[C@H]2[C@@H]3CCC4=CC(=O)C=C[C@]4(C)[C@H]3C(O)C[C@]2(C)C1C(=O)O. The normalized spacial score (nSPS) is 51.4. The number of carboxylic acids is 1. The Balaban J connectivity index is 1.76. The lowest BCUT2D eigenvalue weighted by Gasteiger charge is -2.58. The van der Waals surface area contributed by atoms with Crippen LogP contribution in [0.3, 0.4) is 0 Å². The lowest BCUT2D eigenvalue weighted by Crippen LogP contribution is -2.56. The Labute approximate surface area is 149 Å². The molecule has 3 fully saturated rings. The van der Waals surface area contributed by atoms with Crippen molar-refractivity contribution < 1.29 is 19.8 Å².